The van der Waals surface area contributed by atoms with E-state index in [-0.39, 0.29) is 12.7 Å². The van der Waals surface area contributed by atoms with E-state index in [0.29, 0.717) is 22.9 Å². The minimum absolute atomic E-state index is 0.205. The lowest BCUT2D eigenvalue weighted by Crippen LogP contribution is -2.12. The van der Waals surface area contributed by atoms with Crippen LogP contribution in [0.2, 0.25) is 0 Å². The number of amides is 1. The molecule has 1 aliphatic heterocycles. The van der Waals surface area contributed by atoms with Gasteiger partial charge >= 0.3 is 0 Å². The van der Waals surface area contributed by atoms with Crippen LogP contribution in [0.4, 0.5) is 5.69 Å². The first-order valence-electron chi connectivity index (χ1n) is 7.11. The van der Waals surface area contributed by atoms with Gasteiger partial charge in [-0.3, -0.25) is 4.79 Å². The van der Waals surface area contributed by atoms with E-state index in [2.05, 4.69) is 10.3 Å². The second kappa shape index (κ2) is 5.24. The average Bonchev–Trinajstić information content (AvgIpc) is 3.19. The maximum absolute atomic E-state index is 12.4. The van der Waals surface area contributed by atoms with Gasteiger partial charge in [-0.15, -0.1) is 0 Å². The van der Waals surface area contributed by atoms with Crippen LogP contribution in [0.1, 0.15) is 10.5 Å². The number of ether oxygens (including phenoxy) is 3. The molecule has 6 heteroatoms. The summed E-state index contributed by atoms with van der Waals surface area (Å²) in [6.45, 7) is 0.205. The first-order valence-corrected chi connectivity index (χ1v) is 7.11. The van der Waals surface area contributed by atoms with E-state index in [1.807, 2.05) is 18.2 Å². The molecule has 116 valence electrons. The van der Waals surface area contributed by atoms with Crippen molar-refractivity contribution < 1.29 is 19.0 Å². The number of methoxy groups -OCH3 is 1. The molecule has 6 nitrogen and oxygen atoms in total. The predicted octanol–water partition coefficient (Wildman–Crippen LogP) is 3.16. The molecular formula is C17H14N2O4. The van der Waals surface area contributed by atoms with Crippen LogP contribution in [0.15, 0.2) is 42.5 Å². The van der Waals surface area contributed by atoms with Crippen LogP contribution in [0.5, 0.6) is 17.2 Å². The van der Waals surface area contributed by atoms with E-state index in [1.165, 1.54) is 0 Å². The summed E-state index contributed by atoms with van der Waals surface area (Å²) in [6, 6.07) is 12.7. The van der Waals surface area contributed by atoms with E-state index in [1.54, 1.807) is 31.4 Å². The van der Waals surface area contributed by atoms with Gasteiger partial charge in [0, 0.05) is 22.7 Å². The van der Waals surface area contributed by atoms with Gasteiger partial charge in [0.05, 0.1) is 7.11 Å². The number of anilines is 1. The van der Waals surface area contributed by atoms with E-state index in [4.69, 9.17) is 14.2 Å². The predicted molar refractivity (Wildman–Crippen MR) is 85.4 cm³/mol. The molecule has 0 unspecified atom stereocenters. The highest BCUT2D eigenvalue weighted by Crippen LogP contribution is 2.34. The molecule has 0 saturated carbocycles. The zero-order valence-corrected chi connectivity index (χ0v) is 12.4. The number of hydrogen-bond acceptors (Lipinski definition) is 4. The second-order valence-electron chi connectivity index (χ2n) is 5.16. The van der Waals surface area contributed by atoms with Crippen molar-refractivity contribution in [1.82, 2.24) is 4.98 Å². The molecule has 2 N–H and O–H groups in total. The Bertz CT molecular complexity index is 901. The Kier molecular flexibility index (Phi) is 3.08. The van der Waals surface area contributed by atoms with Crippen molar-refractivity contribution in [2.75, 3.05) is 19.2 Å². The van der Waals surface area contributed by atoms with Gasteiger partial charge in [0.1, 0.15) is 11.4 Å². The Balaban J connectivity index is 1.59. The first-order chi connectivity index (χ1) is 11.2. The Morgan fingerprint density at radius 3 is 2.87 bits per heavy atom. The van der Waals surface area contributed by atoms with E-state index in [0.717, 1.165) is 16.7 Å². The maximum atomic E-state index is 12.4. The molecule has 4 rings (SSSR count). The summed E-state index contributed by atoms with van der Waals surface area (Å²) < 4.78 is 15.7. The van der Waals surface area contributed by atoms with Gasteiger partial charge in [-0.1, -0.05) is 0 Å². The van der Waals surface area contributed by atoms with Gasteiger partial charge in [0.15, 0.2) is 11.5 Å². The smallest absolute Gasteiger partial charge is 0.272 e. The lowest BCUT2D eigenvalue weighted by Gasteiger charge is -2.04. The molecule has 23 heavy (non-hydrogen) atoms. The number of aromatic nitrogens is 1. The largest absolute Gasteiger partial charge is 0.497 e. The highest BCUT2D eigenvalue weighted by Gasteiger charge is 2.15. The molecule has 0 bridgehead atoms. The van der Waals surface area contributed by atoms with Crippen molar-refractivity contribution >= 4 is 22.5 Å². The van der Waals surface area contributed by atoms with Gasteiger partial charge in [-0.25, -0.2) is 0 Å². The fraction of sp³-hybridized carbons (Fsp3) is 0.118. The van der Waals surface area contributed by atoms with Gasteiger partial charge in [0.25, 0.3) is 5.91 Å². The summed E-state index contributed by atoms with van der Waals surface area (Å²) in [6.07, 6.45) is 0. The van der Waals surface area contributed by atoms with Crippen molar-refractivity contribution in [3.8, 4) is 17.2 Å². The topological polar surface area (TPSA) is 72.6 Å². The molecule has 1 aliphatic rings. The lowest BCUT2D eigenvalue weighted by atomic mass is 10.2. The molecular weight excluding hydrogens is 296 g/mol. The van der Waals surface area contributed by atoms with Crippen molar-refractivity contribution in [1.29, 1.82) is 0 Å². The lowest BCUT2D eigenvalue weighted by molar-refractivity contribution is 0.102. The van der Waals surface area contributed by atoms with Crippen LogP contribution < -0.4 is 19.5 Å². The van der Waals surface area contributed by atoms with Crippen molar-refractivity contribution in [3.05, 3.63) is 48.2 Å². The Morgan fingerprint density at radius 1 is 1.13 bits per heavy atom. The molecule has 2 heterocycles. The zero-order valence-electron chi connectivity index (χ0n) is 12.4. The quantitative estimate of drug-likeness (QED) is 0.779. The number of rotatable bonds is 3. The van der Waals surface area contributed by atoms with E-state index < -0.39 is 0 Å². The number of fused-ring (bicyclic) bond motifs is 2. The normalized spacial score (nSPS) is 12.4. The number of aromatic amines is 1. The van der Waals surface area contributed by atoms with Crippen molar-refractivity contribution in [2.45, 2.75) is 0 Å². The van der Waals surface area contributed by atoms with Crippen LogP contribution in [0, 0.1) is 0 Å². The summed E-state index contributed by atoms with van der Waals surface area (Å²) in [4.78, 5) is 15.5. The second-order valence-corrected chi connectivity index (χ2v) is 5.16. The summed E-state index contributed by atoms with van der Waals surface area (Å²) in [5, 5.41) is 3.76. The molecule has 1 aromatic heterocycles. The molecule has 0 spiro atoms. The summed E-state index contributed by atoms with van der Waals surface area (Å²) in [7, 11) is 1.61. The number of carbonyl (C=O) groups is 1. The van der Waals surface area contributed by atoms with Gasteiger partial charge in [-0.2, -0.15) is 0 Å². The Hall–Kier alpha value is -3.15. The van der Waals surface area contributed by atoms with E-state index in [9.17, 15) is 4.79 Å². The van der Waals surface area contributed by atoms with E-state index >= 15 is 0 Å². The van der Waals surface area contributed by atoms with Crippen molar-refractivity contribution in [2.24, 2.45) is 0 Å². The van der Waals surface area contributed by atoms with Gasteiger partial charge in [0.2, 0.25) is 6.79 Å². The minimum atomic E-state index is -0.223. The number of carbonyl (C=O) groups excluding carboxylic acids is 1. The Morgan fingerprint density at radius 2 is 2.00 bits per heavy atom. The SMILES string of the molecule is COc1ccc2[nH]c(C(=O)Nc3ccc4c(c3)OCO4)cc2c1. The number of H-pyrrole nitrogens is 1. The minimum Gasteiger partial charge on any atom is -0.497 e. The average molecular weight is 310 g/mol. The molecule has 2 aromatic carbocycles. The van der Waals surface area contributed by atoms with Crippen LogP contribution in [0.3, 0.4) is 0 Å². The third-order valence-electron chi connectivity index (χ3n) is 3.70. The van der Waals surface area contributed by atoms with Crippen LogP contribution in [-0.2, 0) is 0 Å². The van der Waals surface area contributed by atoms with Crippen molar-refractivity contribution in [3.63, 3.8) is 0 Å². The highest BCUT2D eigenvalue weighted by atomic mass is 16.7. The van der Waals surface area contributed by atoms with Crippen LogP contribution in [0.25, 0.3) is 10.9 Å². The maximum Gasteiger partial charge on any atom is 0.272 e. The van der Waals surface area contributed by atoms with Gasteiger partial charge in [-0.05, 0) is 36.4 Å². The zero-order chi connectivity index (χ0) is 15.8. The molecule has 3 aromatic rings. The summed E-state index contributed by atoms with van der Waals surface area (Å²) in [5.74, 6) is 1.84. The van der Waals surface area contributed by atoms with Crippen LogP contribution >= 0.6 is 0 Å². The number of hydrogen-bond donors (Lipinski definition) is 2. The summed E-state index contributed by atoms with van der Waals surface area (Å²) >= 11 is 0. The highest BCUT2D eigenvalue weighted by molar-refractivity contribution is 6.06. The fourth-order valence-electron chi connectivity index (χ4n) is 2.53. The molecule has 0 fully saturated rings. The number of benzene rings is 2. The van der Waals surface area contributed by atoms with Crippen LogP contribution in [-0.4, -0.2) is 24.8 Å². The monoisotopic (exact) mass is 310 g/mol. The Labute approximate surface area is 132 Å². The standard InChI is InChI=1S/C17H14N2O4/c1-21-12-3-4-13-10(6-12)7-14(19-13)17(20)18-11-2-5-15-16(8-11)23-9-22-15/h2-8,19H,9H2,1H3,(H,18,20). The molecule has 1 amide bonds. The molecule has 0 atom stereocenters. The molecule has 0 radical (unpaired) electrons. The molecule has 0 saturated heterocycles. The third-order valence-corrected chi connectivity index (χ3v) is 3.70. The molecule has 0 aliphatic carbocycles. The third kappa shape index (κ3) is 2.44. The first kappa shape index (κ1) is 13.5. The number of nitrogens with one attached hydrogen (secondary N) is 2. The summed E-state index contributed by atoms with van der Waals surface area (Å²) in [5.41, 5.74) is 2.00. The van der Waals surface area contributed by atoms with Gasteiger partial charge < -0.3 is 24.5 Å². The fourth-order valence-corrected chi connectivity index (χ4v) is 2.53.